The van der Waals surface area contributed by atoms with Crippen LogP contribution in [0.4, 0.5) is 5.69 Å². The lowest BCUT2D eigenvalue weighted by molar-refractivity contribution is -0.384. The molecule has 9 heteroatoms. The number of carbonyl (C=O) groups is 1. The SMILES string of the molecule is CCNC(=NCc1cccc([N+](=O)[O-])c1)N1CCN(C(=O)c2ccco2)CC1. The number of non-ortho nitro benzene ring substituents is 1. The molecule has 1 saturated heterocycles. The summed E-state index contributed by atoms with van der Waals surface area (Å²) in [4.78, 5) is 31.4. The standard InChI is InChI=1S/C19H23N5O4/c1-2-20-19(21-14-15-5-3-6-16(13-15)24(26)27)23-10-8-22(9-11-23)18(25)17-7-4-12-28-17/h3-7,12-13H,2,8-11,14H2,1H3,(H,20,21). The Bertz CT molecular complexity index is 842. The van der Waals surface area contributed by atoms with E-state index >= 15 is 0 Å². The van der Waals surface area contributed by atoms with E-state index in [2.05, 4.69) is 15.2 Å². The van der Waals surface area contributed by atoms with Crippen molar-refractivity contribution in [3.8, 4) is 0 Å². The van der Waals surface area contributed by atoms with E-state index in [1.165, 1.54) is 18.4 Å². The Morgan fingerprint density at radius 2 is 1.96 bits per heavy atom. The minimum atomic E-state index is -0.409. The van der Waals surface area contributed by atoms with Crippen LogP contribution < -0.4 is 5.32 Å². The Kier molecular flexibility index (Phi) is 6.25. The summed E-state index contributed by atoms with van der Waals surface area (Å²) in [5.74, 6) is 0.974. The lowest BCUT2D eigenvalue weighted by Gasteiger charge is -2.36. The number of aliphatic imine (C=N–C) groups is 1. The molecule has 3 rings (SSSR count). The summed E-state index contributed by atoms with van der Waals surface area (Å²) in [6.45, 7) is 5.47. The highest BCUT2D eigenvalue weighted by atomic mass is 16.6. The molecule has 1 N–H and O–H groups in total. The van der Waals surface area contributed by atoms with Crippen LogP contribution in [-0.2, 0) is 6.54 Å². The van der Waals surface area contributed by atoms with Crippen molar-refractivity contribution in [3.63, 3.8) is 0 Å². The molecule has 2 heterocycles. The van der Waals surface area contributed by atoms with Gasteiger partial charge in [0.25, 0.3) is 11.6 Å². The van der Waals surface area contributed by atoms with Crippen molar-refractivity contribution in [1.29, 1.82) is 0 Å². The van der Waals surface area contributed by atoms with Gasteiger partial charge in [-0.2, -0.15) is 0 Å². The van der Waals surface area contributed by atoms with Crippen LogP contribution in [0.3, 0.4) is 0 Å². The number of piperazine rings is 1. The Labute approximate surface area is 162 Å². The second kappa shape index (κ2) is 9.03. The predicted octanol–water partition coefficient (Wildman–Crippen LogP) is 2.11. The molecular formula is C19H23N5O4. The van der Waals surface area contributed by atoms with Gasteiger partial charge < -0.3 is 19.5 Å². The number of hydrogen-bond donors (Lipinski definition) is 1. The number of furan rings is 1. The van der Waals surface area contributed by atoms with Gasteiger partial charge in [0, 0.05) is 44.9 Å². The molecule has 9 nitrogen and oxygen atoms in total. The number of nitro groups is 1. The van der Waals surface area contributed by atoms with Crippen molar-refractivity contribution < 1.29 is 14.1 Å². The molecule has 1 aliphatic heterocycles. The van der Waals surface area contributed by atoms with Crippen molar-refractivity contribution in [2.24, 2.45) is 4.99 Å². The second-order valence-electron chi connectivity index (χ2n) is 6.35. The van der Waals surface area contributed by atoms with E-state index in [1.54, 1.807) is 23.1 Å². The molecule has 0 saturated carbocycles. The molecule has 148 valence electrons. The first-order valence-electron chi connectivity index (χ1n) is 9.18. The van der Waals surface area contributed by atoms with Crippen LogP contribution >= 0.6 is 0 Å². The summed E-state index contributed by atoms with van der Waals surface area (Å²) >= 11 is 0. The maximum atomic E-state index is 12.4. The molecule has 1 amide bonds. The first kappa shape index (κ1) is 19.4. The van der Waals surface area contributed by atoms with Gasteiger partial charge in [0.15, 0.2) is 11.7 Å². The first-order valence-corrected chi connectivity index (χ1v) is 9.18. The number of nitro benzene ring substituents is 1. The highest BCUT2D eigenvalue weighted by Crippen LogP contribution is 2.14. The Balaban J connectivity index is 1.63. The van der Waals surface area contributed by atoms with Crippen molar-refractivity contribution in [1.82, 2.24) is 15.1 Å². The van der Waals surface area contributed by atoms with Crippen molar-refractivity contribution >= 4 is 17.6 Å². The highest BCUT2D eigenvalue weighted by Gasteiger charge is 2.25. The summed E-state index contributed by atoms with van der Waals surface area (Å²) in [6.07, 6.45) is 1.49. The zero-order valence-corrected chi connectivity index (χ0v) is 15.7. The molecule has 1 aromatic carbocycles. The molecule has 0 unspecified atom stereocenters. The largest absolute Gasteiger partial charge is 0.459 e. The van der Waals surface area contributed by atoms with Gasteiger partial charge in [-0.3, -0.25) is 14.9 Å². The minimum Gasteiger partial charge on any atom is -0.459 e. The Morgan fingerprint density at radius 3 is 2.61 bits per heavy atom. The van der Waals surface area contributed by atoms with Crippen LogP contribution in [0.1, 0.15) is 23.0 Å². The van der Waals surface area contributed by atoms with Crippen molar-refractivity contribution in [2.45, 2.75) is 13.5 Å². The van der Waals surface area contributed by atoms with E-state index in [0.717, 1.165) is 11.5 Å². The van der Waals surface area contributed by atoms with Crippen LogP contribution in [0.5, 0.6) is 0 Å². The highest BCUT2D eigenvalue weighted by molar-refractivity contribution is 5.91. The molecule has 1 aliphatic rings. The number of benzene rings is 1. The average molecular weight is 385 g/mol. The van der Waals surface area contributed by atoms with Gasteiger partial charge in [-0.25, -0.2) is 4.99 Å². The van der Waals surface area contributed by atoms with E-state index < -0.39 is 4.92 Å². The van der Waals surface area contributed by atoms with E-state index in [-0.39, 0.29) is 11.6 Å². The third-order valence-electron chi connectivity index (χ3n) is 4.47. The molecule has 0 spiro atoms. The lowest BCUT2D eigenvalue weighted by Crippen LogP contribution is -2.53. The zero-order chi connectivity index (χ0) is 19.9. The zero-order valence-electron chi connectivity index (χ0n) is 15.7. The maximum absolute atomic E-state index is 12.4. The maximum Gasteiger partial charge on any atom is 0.289 e. The van der Waals surface area contributed by atoms with Crippen molar-refractivity contribution in [3.05, 3.63) is 64.1 Å². The number of nitrogens with one attached hydrogen (secondary N) is 1. The van der Waals surface area contributed by atoms with Gasteiger partial charge in [0.1, 0.15) is 0 Å². The third-order valence-corrected chi connectivity index (χ3v) is 4.47. The molecule has 0 aliphatic carbocycles. The van der Waals surface area contributed by atoms with Gasteiger partial charge in [-0.15, -0.1) is 0 Å². The number of amides is 1. The van der Waals surface area contributed by atoms with Crippen molar-refractivity contribution in [2.75, 3.05) is 32.7 Å². The molecule has 1 fully saturated rings. The normalized spacial score (nSPS) is 14.8. The molecule has 1 aromatic heterocycles. The van der Waals surface area contributed by atoms with Crippen LogP contribution in [0, 0.1) is 10.1 Å². The van der Waals surface area contributed by atoms with E-state index in [4.69, 9.17) is 4.42 Å². The van der Waals surface area contributed by atoms with Crippen LogP contribution in [-0.4, -0.2) is 59.3 Å². The molecule has 28 heavy (non-hydrogen) atoms. The number of rotatable bonds is 5. The number of hydrogen-bond acceptors (Lipinski definition) is 5. The topological polar surface area (TPSA) is 104 Å². The molecule has 0 radical (unpaired) electrons. The van der Waals surface area contributed by atoms with Gasteiger partial charge in [0.05, 0.1) is 17.7 Å². The first-order chi connectivity index (χ1) is 13.6. The minimum absolute atomic E-state index is 0.0581. The monoisotopic (exact) mass is 385 g/mol. The van der Waals surface area contributed by atoms with Gasteiger partial charge in [-0.1, -0.05) is 12.1 Å². The van der Waals surface area contributed by atoms with Gasteiger partial charge in [0.2, 0.25) is 0 Å². The lowest BCUT2D eigenvalue weighted by atomic mass is 10.2. The fourth-order valence-corrected chi connectivity index (χ4v) is 3.04. The van der Waals surface area contributed by atoms with Gasteiger partial charge >= 0.3 is 0 Å². The van der Waals surface area contributed by atoms with E-state index in [9.17, 15) is 14.9 Å². The Morgan fingerprint density at radius 1 is 1.21 bits per heavy atom. The predicted molar refractivity (Wildman–Crippen MR) is 104 cm³/mol. The Hall–Kier alpha value is -3.36. The fraction of sp³-hybridized carbons (Fsp3) is 0.368. The molecule has 0 atom stereocenters. The summed E-state index contributed by atoms with van der Waals surface area (Å²) < 4.78 is 5.19. The smallest absolute Gasteiger partial charge is 0.289 e. The number of nitrogens with zero attached hydrogens (tertiary/aromatic N) is 4. The summed E-state index contributed by atoms with van der Waals surface area (Å²) in [5, 5.41) is 14.2. The van der Waals surface area contributed by atoms with Gasteiger partial charge in [-0.05, 0) is 24.6 Å². The average Bonchev–Trinajstić information content (AvgIpc) is 3.26. The third kappa shape index (κ3) is 4.67. The summed E-state index contributed by atoms with van der Waals surface area (Å²) in [7, 11) is 0. The fourth-order valence-electron chi connectivity index (χ4n) is 3.04. The summed E-state index contributed by atoms with van der Waals surface area (Å²) in [6, 6.07) is 9.85. The number of carbonyl (C=O) groups excluding carboxylic acids is 1. The molecule has 0 bridgehead atoms. The second-order valence-corrected chi connectivity index (χ2v) is 6.35. The van der Waals surface area contributed by atoms with E-state index in [0.29, 0.717) is 45.0 Å². The summed E-state index contributed by atoms with van der Waals surface area (Å²) in [5.41, 5.74) is 0.832. The molecular weight excluding hydrogens is 362 g/mol. The number of guanidine groups is 1. The quantitative estimate of drug-likeness (QED) is 0.366. The van der Waals surface area contributed by atoms with Crippen LogP contribution in [0.2, 0.25) is 0 Å². The van der Waals surface area contributed by atoms with Crippen LogP contribution in [0.25, 0.3) is 0 Å². The molecule has 2 aromatic rings. The van der Waals surface area contributed by atoms with Crippen LogP contribution in [0.15, 0.2) is 52.1 Å². The van der Waals surface area contributed by atoms with E-state index in [1.807, 2.05) is 13.0 Å².